The Labute approximate surface area is 173 Å². The molecule has 1 N–H and O–H groups in total. The molecule has 1 fully saturated rings. The summed E-state index contributed by atoms with van der Waals surface area (Å²) >= 11 is 0. The van der Waals surface area contributed by atoms with E-state index in [1.54, 1.807) is 29.7 Å². The van der Waals surface area contributed by atoms with Crippen molar-refractivity contribution in [2.24, 2.45) is 5.92 Å². The van der Waals surface area contributed by atoms with Crippen molar-refractivity contribution >= 4 is 15.9 Å². The van der Waals surface area contributed by atoms with E-state index in [1.807, 2.05) is 26.0 Å². The maximum atomic E-state index is 13.3. The SMILES string of the molecule is Cc1cc(C(=O)NC(C)c2cccnc2)cc(S(=O)(=O)N2CCC(C)CC2)c1C. The minimum absolute atomic E-state index is 0.228. The van der Waals surface area contributed by atoms with Crippen molar-refractivity contribution in [2.45, 2.75) is 51.5 Å². The first-order valence-electron chi connectivity index (χ1n) is 10.0. The average Bonchev–Trinajstić information content (AvgIpc) is 2.70. The number of piperidine rings is 1. The standard InChI is InChI=1S/C22H29N3O3S/c1-15-7-10-25(11-8-15)29(27,28)21-13-20(12-16(2)17(21)3)22(26)24-18(4)19-6-5-9-23-14-19/h5-6,9,12-15,18H,7-8,10-11H2,1-4H3,(H,24,26). The summed E-state index contributed by atoms with van der Waals surface area (Å²) in [6.07, 6.45) is 5.11. The fourth-order valence-electron chi connectivity index (χ4n) is 3.59. The predicted molar refractivity (Wildman–Crippen MR) is 113 cm³/mol. The van der Waals surface area contributed by atoms with Gasteiger partial charge >= 0.3 is 0 Å². The second-order valence-corrected chi connectivity index (χ2v) is 9.89. The van der Waals surface area contributed by atoms with Crippen LogP contribution in [0.25, 0.3) is 0 Å². The summed E-state index contributed by atoms with van der Waals surface area (Å²) in [7, 11) is -3.63. The van der Waals surface area contributed by atoms with E-state index in [1.165, 1.54) is 6.07 Å². The van der Waals surface area contributed by atoms with Gasteiger partial charge in [-0.1, -0.05) is 13.0 Å². The van der Waals surface area contributed by atoms with Crippen LogP contribution in [0.1, 0.15) is 59.8 Å². The van der Waals surface area contributed by atoms with Crippen LogP contribution in [0.15, 0.2) is 41.6 Å². The molecule has 0 saturated carbocycles. The number of rotatable bonds is 5. The van der Waals surface area contributed by atoms with Crippen LogP contribution >= 0.6 is 0 Å². The Hall–Kier alpha value is -2.25. The molecule has 0 spiro atoms. The zero-order valence-corrected chi connectivity index (χ0v) is 18.3. The highest BCUT2D eigenvalue weighted by Crippen LogP contribution is 2.28. The fourth-order valence-corrected chi connectivity index (χ4v) is 5.38. The Morgan fingerprint density at radius 2 is 1.93 bits per heavy atom. The van der Waals surface area contributed by atoms with E-state index in [4.69, 9.17) is 0 Å². The van der Waals surface area contributed by atoms with Crippen molar-refractivity contribution in [1.82, 2.24) is 14.6 Å². The number of nitrogens with zero attached hydrogens (tertiary/aromatic N) is 2. The van der Waals surface area contributed by atoms with E-state index in [-0.39, 0.29) is 16.8 Å². The molecule has 0 aliphatic carbocycles. The summed E-state index contributed by atoms with van der Waals surface area (Å²) in [6, 6.07) is 6.74. The molecule has 6 nitrogen and oxygen atoms in total. The lowest BCUT2D eigenvalue weighted by Crippen LogP contribution is -2.38. The number of aromatic nitrogens is 1. The monoisotopic (exact) mass is 415 g/mol. The molecule has 0 bridgehead atoms. The predicted octanol–water partition coefficient (Wildman–Crippen LogP) is 3.61. The van der Waals surface area contributed by atoms with Gasteiger partial charge in [-0.05, 0) is 74.4 Å². The van der Waals surface area contributed by atoms with Crippen molar-refractivity contribution in [3.8, 4) is 0 Å². The van der Waals surface area contributed by atoms with Crippen molar-refractivity contribution in [3.05, 3.63) is 58.9 Å². The quantitative estimate of drug-likeness (QED) is 0.809. The number of sulfonamides is 1. The molecule has 2 aromatic rings. The molecule has 156 valence electrons. The zero-order chi connectivity index (χ0) is 21.2. The maximum absolute atomic E-state index is 13.3. The summed E-state index contributed by atoms with van der Waals surface area (Å²) < 4.78 is 28.1. The largest absolute Gasteiger partial charge is 0.345 e. The Morgan fingerprint density at radius 1 is 1.24 bits per heavy atom. The highest BCUT2D eigenvalue weighted by molar-refractivity contribution is 7.89. The third-order valence-electron chi connectivity index (χ3n) is 5.77. The molecular formula is C22H29N3O3S. The molecule has 2 heterocycles. The lowest BCUT2D eigenvalue weighted by atomic mass is 10.0. The fraction of sp³-hybridized carbons (Fsp3) is 0.455. The van der Waals surface area contributed by atoms with Gasteiger partial charge < -0.3 is 5.32 Å². The van der Waals surface area contributed by atoms with E-state index < -0.39 is 10.0 Å². The van der Waals surface area contributed by atoms with Crippen molar-refractivity contribution in [2.75, 3.05) is 13.1 Å². The van der Waals surface area contributed by atoms with Crippen LogP contribution < -0.4 is 5.32 Å². The molecular weight excluding hydrogens is 386 g/mol. The first kappa shape index (κ1) is 21.5. The second kappa shape index (κ2) is 8.63. The van der Waals surface area contributed by atoms with Gasteiger partial charge in [-0.15, -0.1) is 0 Å². The number of hydrogen-bond acceptors (Lipinski definition) is 4. The van der Waals surface area contributed by atoms with Gasteiger partial charge in [0, 0.05) is 31.0 Å². The normalized spacial score (nSPS) is 17.1. The van der Waals surface area contributed by atoms with E-state index in [0.29, 0.717) is 30.1 Å². The molecule has 29 heavy (non-hydrogen) atoms. The zero-order valence-electron chi connectivity index (χ0n) is 17.5. The number of hydrogen-bond donors (Lipinski definition) is 1. The number of carbonyl (C=O) groups excluding carboxylic acids is 1. The smallest absolute Gasteiger partial charge is 0.251 e. The first-order chi connectivity index (χ1) is 13.7. The lowest BCUT2D eigenvalue weighted by Gasteiger charge is -2.30. The van der Waals surface area contributed by atoms with Crippen molar-refractivity contribution in [3.63, 3.8) is 0 Å². The van der Waals surface area contributed by atoms with Crippen LogP contribution in [0.5, 0.6) is 0 Å². The lowest BCUT2D eigenvalue weighted by molar-refractivity contribution is 0.0939. The first-order valence-corrected chi connectivity index (χ1v) is 11.5. The molecule has 1 amide bonds. The third-order valence-corrected chi connectivity index (χ3v) is 7.80. The van der Waals surface area contributed by atoms with Gasteiger partial charge in [0.1, 0.15) is 0 Å². The summed E-state index contributed by atoms with van der Waals surface area (Å²) in [5.41, 5.74) is 2.73. The molecule has 0 radical (unpaired) electrons. The highest BCUT2D eigenvalue weighted by Gasteiger charge is 2.30. The van der Waals surface area contributed by atoms with Gasteiger partial charge in [0.2, 0.25) is 10.0 Å². The molecule has 1 aromatic heterocycles. The Bertz CT molecular complexity index is 982. The van der Waals surface area contributed by atoms with E-state index in [2.05, 4.69) is 17.2 Å². The number of benzene rings is 1. The van der Waals surface area contributed by atoms with Crippen LogP contribution in [0.3, 0.4) is 0 Å². The molecule has 7 heteroatoms. The third kappa shape index (κ3) is 4.67. The molecule has 1 aromatic carbocycles. The highest BCUT2D eigenvalue weighted by atomic mass is 32.2. The topological polar surface area (TPSA) is 79.4 Å². The second-order valence-electron chi connectivity index (χ2n) is 7.98. The molecule has 1 aliphatic heterocycles. The van der Waals surface area contributed by atoms with Crippen LogP contribution in [0.4, 0.5) is 0 Å². The van der Waals surface area contributed by atoms with Gasteiger partial charge in [0.15, 0.2) is 0 Å². The minimum Gasteiger partial charge on any atom is -0.345 e. The summed E-state index contributed by atoms with van der Waals surface area (Å²) in [5.74, 6) is 0.239. The minimum atomic E-state index is -3.63. The van der Waals surface area contributed by atoms with Gasteiger partial charge in [-0.3, -0.25) is 9.78 Å². The molecule has 1 aliphatic rings. The van der Waals surface area contributed by atoms with Crippen LogP contribution in [0.2, 0.25) is 0 Å². The number of nitrogens with one attached hydrogen (secondary N) is 1. The average molecular weight is 416 g/mol. The van der Waals surface area contributed by atoms with Crippen LogP contribution in [-0.2, 0) is 10.0 Å². The summed E-state index contributed by atoms with van der Waals surface area (Å²) in [5, 5.41) is 2.94. The van der Waals surface area contributed by atoms with Gasteiger partial charge in [0.25, 0.3) is 5.91 Å². The van der Waals surface area contributed by atoms with Gasteiger partial charge in [0.05, 0.1) is 10.9 Å². The summed E-state index contributed by atoms with van der Waals surface area (Å²) in [4.78, 5) is 17.2. The van der Waals surface area contributed by atoms with Gasteiger partial charge in [-0.2, -0.15) is 4.31 Å². The molecule has 1 saturated heterocycles. The number of aryl methyl sites for hydroxylation is 1. The maximum Gasteiger partial charge on any atom is 0.251 e. The number of pyridine rings is 1. The number of carbonyl (C=O) groups is 1. The Morgan fingerprint density at radius 3 is 2.55 bits per heavy atom. The van der Waals surface area contributed by atoms with Crippen molar-refractivity contribution < 1.29 is 13.2 Å². The molecule has 1 atom stereocenters. The Kier molecular flexibility index (Phi) is 6.39. The molecule has 1 unspecified atom stereocenters. The van der Waals surface area contributed by atoms with Gasteiger partial charge in [-0.25, -0.2) is 8.42 Å². The van der Waals surface area contributed by atoms with Crippen LogP contribution in [-0.4, -0.2) is 36.7 Å². The van der Waals surface area contributed by atoms with E-state index in [0.717, 1.165) is 24.0 Å². The van der Waals surface area contributed by atoms with Crippen LogP contribution in [0, 0.1) is 19.8 Å². The Balaban J connectivity index is 1.88. The molecule has 3 rings (SSSR count). The summed E-state index contributed by atoms with van der Waals surface area (Å²) in [6.45, 7) is 8.71. The van der Waals surface area contributed by atoms with E-state index >= 15 is 0 Å². The van der Waals surface area contributed by atoms with Crippen molar-refractivity contribution in [1.29, 1.82) is 0 Å². The van der Waals surface area contributed by atoms with E-state index in [9.17, 15) is 13.2 Å². The number of amides is 1.